The minimum absolute atomic E-state index is 0.0293. The van der Waals surface area contributed by atoms with E-state index in [-0.39, 0.29) is 12.8 Å². The van der Waals surface area contributed by atoms with E-state index in [9.17, 15) is 8.78 Å². The molecule has 1 aliphatic rings. The lowest BCUT2D eigenvalue weighted by molar-refractivity contribution is -0.0569. The lowest BCUT2D eigenvalue weighted by Gasteiger charge is -2.31. The summed E-state index contributed by atoms with van der Waals surface area (Å²) >= 11 is 0. The van der Waals surface area contributed by atoms with E-state index >= 15 is 0 Å². The minimum atomic E-state index is -2.47. The first-order valence-corrected chi connectivity index (χ1v) is 7.07. The van der Waals surface area contributed by atoms with Gasteiger partial charge in [0.15, 0.2) is 0 Å². The highest BCUT2D eigenvalue weighted by molar-refractivity contribution is 5.21. The molecular weight excluding hydrogens is 248 g/mol. The van der Waals surface area contributed by atoms with Crippen molar-refractivity contribution >= 4 is 0 Å². The fraction of sp³-hybridized carbons (Fsp3) is 0.786. The number of rotatable bonds is 4. The highest BCUT2D eigenvalue weighted by atomic mass is 19.3. The Bertz CT molecular complexity index is 416. The molecule has 19 heavy (non-hydrogen) atoms. The van der Waals surface area contributed by atoms with E-state index in [1.807, 2.05) is 4.68 Å². The summed E-state index contributed by atoms with van der Waals surface area (Å²) in [5.41, 5.74) is 2.28. The van der Waals surface area contributed by atoms with Crippen LogP contribution in [0.15, 0.2) is 6.20 Å². The van der Waals surface area contributed by atoms with Crippen LogP contribution in [0.2, 0.25) is 0 Å². The first kappa shape index (κ1) is 14.4. The van der Waals surface area contributed by atoms with Crippen molar-refractivity contribution in [3.05, 3.63) is 17.5 Å². The molecule has 0 bridgehead atoms. The third-order valence-corrected chi connectivity index (χ3v) is 3.78. The highest BCUT2D eigenvalue weighted by Gasteiger charge is 2.34. The molecule has 5 heteroatoms. The molecule has 0 amide bonds. The molecule has 0 N–H and O–H groups in total. The first-order valence-electron chi connectivity index (χ1n) is 7.07. The Labute approximate surface area is 113 Å². The second-order valence-corrected chi connectivity index (χ2v) is 5.67. The Morgan fingerprint density at radius 2 is 1.95 bits per heavy atom. The SMILES string of the molecule is CCn1cc(C(C)C)c(CN2CCC(F)(F)CC2)n1. The van der Waals surface area contributed by atoms with E-state index in [1.54, 1.807) is 0 Å². The monoisotopic (exact) mass is 271 g/mol. The van der Waals surface area contributed by atoms with E-state index in [4.69, 9.17) is 0 Å². The van der Waals surface area contributed by atoms with Crippen molar-refractivity contribution < 1.29 is 8.78 Å². The molecule has 1 aromatic heterocycles. The molecule has 0 atom stereocenters. The normalized spacial score (nSPS) is 20.1. The summed E-state index contributed by atoms with van der Waals surface area (Å²) in [5, 5.41) is 4.57. The van der Waals surface area contributed by atoms with Crippen LogP contribution in [0.3, 0.4) is 0 Å². The lowest BCUT2D eigenvalue weighted by Crippen LogP contribution is -2.39. The van der Waals surface area contributed by atoms with E-state index in [2.05, 4.69) is 37.0 Å². The van der Waals surface area contributed by atoms with Crippen molar-refractivity contribution in [2.45, 2.75) is 58.5 Å². The average Bonchev–Trinajstić information content (AvgIpc) is 2.75. The third-order valence-electron chi connectivity index (χ3n) is 3.78. The second kappa shape index (κ2) is 5.57. The van der Waals surface area contributed by atoms with Gasteiger partial charge in [0.05, 0.1) is 5.69 Å². The van der Waals surface area contributed by atoms with Crippen molar-refractivity contribution in [1.29, 1.82) is 0 Å². The predicted octanol–water partition coefficient (Wildman–Crippen LogP) is 3.26. The highest BCUT2D eigenvalue weighted by Crippen LogP contribution is 2.29. The summed E-state index contributed by atoms with van der Waals surface area (Å²) in [7, 11) is 0. The molecule has 0 spiro atoms. The van der Waals surface area contributed by atoms with Gasteiger partial charge in [0, 0.05) is 45.2 Å². The third kappa shape index (κ3) is 3.53. The molecule has 1 fully saturated rings. The van der Waals surface area contributed by atoms with Crippen LogP contribution < -0.4 is 0 Å². The molecule has 0 unspecified atom stereocenters. The van der Waals surface area contributed by atoms with Gasteiger partial charge in [-0.05, 0) is 18.4 Å². The van der Waals surface area contributed by atoms with Crippen LogP contribution in [0.5, 0.6) is 0 Å². The molecule has 3 nitrogen and oxygen atoms in total. The fourth-order valence-corrected chi connectivity index (χ4v) is 2.49. The number of nitrogens with zero attached hydrogens (tertiary/aromatic N) is 3. The van der Waals surface area contributed by atoms with Crippen molar-refractivity contribution in [3.8, 4) is 0 Å². The number of hydrogen-bond acceptors (Lipinski definition) is 2. The molecule has 1 aromatic rings. The van der Waals surface area contributed by atoms with Gasteiger partial charge < -0.3 is 0 Å². The Morgan fingerprint density at radius 3 is 2.47 bits per heavy atom. The van der Waals surface area contributed by atoms with Gasteiger partial charge in [0.1, 0.15) is 0 Å². The average molecular weight is 271 g/mol. The van der Waals surface area contributed by atoms with Gasteiger partial charge in [-0.1, -0.05) is 13.8 Å². The molecular formula is C14H23F2N3. The van der Waals surface area contributed by atoms with Crippen LogP contribution >= 0.6 is 0 Å². The molecule has 1 saturated heterocycles. The van der Waals surface area contributed by atoms with Crippen molar-refractivity contribution in [1.82, 2.24) is 14.7 Å². The number of piperidine rings is 1. The Kier molecular flexibility index (Phi) is 4.23. The summed E-state index contributed by atoms with van der Waals surface area (Å²) in [4.78, 5) is 2.09. The van der Waals surface area contributed by atoms with Gasteiger partial charge in [-0.15, -0.1) is 0 Å². The topological polar surface area (TPSA) is 21.1 Å². The molecule has 1 aliphatic heterocycles. The van der Waals surface area contributed by atoms with Gasteiger partial charge in [-0.2, -0.15) is 5.10 Å². The van der Waals surface area contributed by atoms with E-state index in [1.165, 1.54) is 5.56 Å². The van der Waals surface area contributed by atoms with Crippen LogP contribution in [0.4, 0.5) is 8.78 Å². The molecule has 0 aromatic carbocycles. The zero-order chi connectivity index (χ0) is 14.0. The van der Waals surface area contributed by atoms with Gasteiger partial charge in [-0.25, -0.2) is 8.78 Å². The second-order valence-electron chi connectivity index (χ2n) is 5.67. The first-order chi connectivity index (χ1) is 8.91. The van der Waals surface area contributed by atoms with Crippen molar-refractivity contribution in [3.63, 3.8) is 0 Å². The largest absolute Gasteiger partial charge is 0.297 e. The number of halogens is 2. The van der Waals surface area contributed by atoms with Crippen LogP contribution in [0.1, 0.15) is 50.8 Å². The summed E-state index contributed by atoms with van der Waals surface area (Å²) in [6.07, 6.45) is 2.02. The summed E-state index contributed by atoms with van der Waals surface area (Å²) in [6.45, 7) is 8.81. The smallest absolute Gasteiger partial charge is 0.250 e. The number of aromatic nitrogens is 2. The lowest BCUT2D eigenvalue weighted by atomic mass is 10.0. The molecule has 2 heterocycles. The van der Waals surface area contributed by atoms with Crippen molar-refractivity contribution in [2.75, 3.05) is 13.1 Å². The predicted molar refractivity (Wildman–Crippen MR) is 71.4 cm³/mol. The summed E-state index contributed by atoms with van der Waals surface area (Å²) < 4.78 is 28.2. The molecule has 108 valence electrons. The Hall–Kier alpha value is -0.970. The number of hydrogen-bond donors (Lipinski definition) is 0. The summed E-state index contributed by atoms with van der Waals surface area (Å²) in [6, 6.07) is 0. The van der Waals surface area contributed by atoms with Crippen LogP contribution in [-0.4, -0.2) is 33.7 Å². The molecule has 0 aliphatic carbocycles. The van der Waals surface area contributed by atoms with Gasteiger partial charge >= 0.3 is 0 Å². The minimum Gasteiger partial charge on any atom is -0.297 e. The number of aryl methyl sites for hydroxylation is 1. The van der Waals surface area contributed by atoms with Crippen LogP contribution in [-0.2, 0) is 13.1 Å². The maximum Gasteiger partial charge on any atom is 0.250 e. The van der Waals surface area contributed by atoms with Gasteiger partial charge in [0.25, 0.3) is 5.92 Å². The zero-order valence-corrected chi connectivity index (χ0v) is 12.0. The van der Waals surface area contributed by atoms with Crippen LogP contribution in [0.25, 0.3) is 0 Å². The maximum atomic E-state index is 13.1. The number of alkyl halides is 2. The van der Waals surface area contributed by atoms with E-state index in [0.29, 0.717) is 25.6 Å². The quantitative estimate of drug-likeness (QED) is 0.838. The molecule has 2 rings (SSSR count). The Morgan fingerprint density at radius 1 is 1.32 bits per heavy atom. The van der Waals surface area contributed by atoms with Crippen molar-refractivity contribution in [2.24, 2.45) is 0 Å². The van der Waals surface area contributed by atoms with E-state index < -0.39 is 5.92 Å². The van der Waals surface area contributed by atoms with Crippen LogP contribution in [0, 0.1) is 0 Å². The zero-order valence-electron chi connectivity index (χ0n) is 12.0. The molecule has 0 saturated carbocycles. The fourth-order valence-electron chi connectivity index (χ4n) is 2.49. The summed E-state index contributed by atoms with van der Waals surface area (Å²) in [5.74, 6) is -2.05. The van der Waals surface area contributed by atoms with E-state index in [0.717, 1.165) is 12.2 Å². The molecule has 0 radical (unpaired) electrons. The van der Waals surface area contributed by atoms with Gasteiger partial charge in [0.2, 0.25) is 0 Å². The Balaban J connectivity index is 2.05. The van der Waals surface area contributed by atoms with Gasteiger partial charge in [-0.3, -0.25) is 9.58 Å². The maximum absolute atomic E-state index is 13.1. The number of likely N-dealkylation sites (tertiary alicyclic amines) is 1. The standard InChI is InChI=1S/C14H23F2N3/c1-4-19-9-12(11(2)3)13(17-19)10-18-7-5-14(15,16)6-8-18/h9,11H,4-8,10H2,1-3H3.